The number of halogens is 4. The van der Waals surface area contributed by atoms with Crippen LogP contribution < -0.4 is 10.6 Å². The van der Waals surface area contributed by atoms with Gasteiger partial charge in [0.1, 0.15) is 6.54 Å². The lowest BCUT2D eigenvalue weighted by Gasteiger charge is -2.36. The van der Waals surface area contributed by atoms with Gasteiger partial charge in [-0.05, 0) is 55.2 Å². The lowest BCUT2D eigenvalue weighted by atomic mass is 9.73. The van der Waals surface area contributed by atoms with Crippen LogP contribution in [-0.4, -0.2) is 37.7 Å². The van der Waals surface area contributed by atoms with Crippen LogP contribution in [0.25, 0.3) is 0 Å². The summed E-state index contributed by atoms with van der Waals surface area (Å²) in [5, 5.41) is 4.74. The molecule has 9 heteroatoms. The molecule has 0 saturated carbocycles. The second kappa shape index (κ2) is 9.40. The molecule has 3 rings (SSSR count). The van der Waals surface area contributed by atoms with Crippen molar-refractivity contribution in [2.45, 2.75) is 31.4 Å². The fraction of sp³-hybridized carbons (Fsp3) is 0.364. The number of hydrogen-bond donors (Lipinski definition) is 2. The highest BCUT2D eigenvalue weighted by Crippen LogP contribution is 2.37. The van der Waals surface area contributed by atoms with Crippen molar-refractivity contribution in [2.24, 2.45) is 0 Å². The number of ether oxygens (including phenoxy) is 1. The van der Waals surface area contributed by atoms with Crippen molar-refractivity contribution in [1.82, 2.24) is 5.32 Å². The normalized spacial score (nSPS) is 15.9. The molecule has 0 bridgehead atoms. The van der Waals surface area contributed by atoms with Gasteiger partial charge in [0.05, 0.1) is 5.41 Å². The van der Waals surface area contributed by atoms with Crippen molar-refractivity contribution in [3.05, 3.63) is 63.6 Å². The fourth-order valence-electron chi connectivity index (χ4n) is 3.56. The molecule has 2 N–H and O–H groups in total. The first-order chi connectivity index (χ1) is 14.6. The number of hydrogen-bond acceptors (Lipinski definition) is 3. The monoisotopic (exact) mass is 498 g/mol. The van der Waals surface area contributed by atoms with Gasteiger partial charge in [-0.25, -0.2) is 0 Å². The molecule has 1 fully saturated rings. The molecule has 0 unspecified atom stereocenters. The van der Waals surface area contributed by atoms with E-state index in [2.05, 4.69) is 21.2 Å². The highest BCUT2D eigenvalue weighted by molar-refractivity contribution is 9.10. The minimum Gasteiger partial charge on any atom is -0.381 e. The van der Waals surface area contributed by atoms with Gasteiger partial charge in [-0.15, -0.1) is 0 Å². The Morgan fingerprint density at radius 1 is 1.10 bits per heavy atom. The summed E-state index contributed by atoms with van der Waals surface area (Å²) in [6, 6.07) is 11.9. The predicted octanol–water partition coefficient (Wildman–Crippen LogP) is 4.74. The zero-order chi connectivity index (χ0) is 22.6. The smallest absolute Gasteiger partial charge is 0.381 e. The minimum atomic E-state index is -4.50. The molecule has 0 aromatic heterocycles. The van der Waals surface area contributed by atoms with E-state index in [4.69, 9.17) is 4.74 Å². The van der Waals surface area contributed by atoms with Crippen LogP contribution in [0, 0.1) is 6.92 Å². The Hall–Kier alpha value is -2.39. The van der Waals surface area contributed by atoms with Crippen molar-refractivity contribution in [3.8, 4) is 0 Å². The molecule has 1 heterocycles. The summed E-state index contributed by atoms with van der Waals surface area (Å²) >= 11 is 3.40. The topological polar surface area (TPSA) is 67.4 Å². The van der Waals surface area contributed by atoms with Gasteiger partial charge in [0.25, 0.3) is 5.91 Å². The number of aryl methyl sites for hydroxylation is 1. The van der Waals surface area contributed by atoms with E-state index in [0.717, 1.165) is 10.0 Å². The van der Waals surface area contributed by atoms with Crippen LogP contribution in [0.4, 0.5) is 18.9 Å². The SMILES string of the molecule is Cc1ccc(C(=O)NCC(F)(F)F)cc1NC(=O)C1(c2ccc(Br)cc2)CCOCC1. The van der Waals surface area contributed by atoms with E-state index in [-0.39, 0.29) is 11.5 Å². The molecule has 1 aliphatic rings. The van der Waals surface area contributed by atoms with E-state index in [1.807, 2.05) is 29.6 Å². The number of amides is 2. The van der Waals surface area contributed by atoms with E-state index in [1.54, 1.807) is 13.0 Å². The summed E-state index contributed by atoms with van der Waals surface area (Å²) in [6.45, 7) is 1.20. The lowest BCUT2D eigenvalue weighted by Crippen LogP contribution is -2.45. The van der Waals surface area contributed by atoms with Gasteiger partial charge in [-0.1, -0.05) is 34.1 Å². The summed E-state index contributed by atoms with van der Waals surface area (Å²) in [5.41, 5.74) is 1.16. The summed E-state index contributed by atoms with van der Waals surface area (Å²) in [4.78, 5) is 25.6. The molecule has 1 aliphatic heterocycles. The summed E-state index contributed by atoms with van der Waals surface area (Å²) in [7, 11) is 0. The van der Waals surface area contributed by atoms with Gasteiger partial charge in [0.2, 0.25) is 5.91 Å². The van der Waals surface area contributed by atoms with Crippen molar-refractivity contribution in [1.29, 1.82) is 0 Å². The third-order valence-corrected chi connectivity index (χ3v) is 5.90. The van der Waals surface area contributed by atoms with E-state index >= 15 is 0 Å². The summed E-state index contributed by atoms with van der Waals surface area (Å²) in [5.74, 6) is -1.10. The van der Waals surface area contributed by atoms with Gasteiger partial charge in [-0.2, -0.15) is 13.2 Å². The maximum Gasteiger partial charge on any atom is 0.405 e. The van der Waals surface area contributed by atoms with Crippen molar-refractivity contribution >= 4 is 33.4 Å². The molecule has 2 aromatic rings. The number of benzene rings is 2. The largest absolute Gasteiger partial charge is 0.405 e. The second-order valence-electron chi connectivity index (χ2n) is 7.48. The Morgan fingerprint density at radius 3 is 2.35 bits per heavy atom. The zero-order valence-electron chi connectivity index (χ0n) is 16.8. The zero-order valence-corrected chi connectivity index (χ0v) is 18.4. The molecule has 2 amide bonds. The number of carbonyl (C=O) groups is 2. The Morgan fingerprint density at radius 2 is 1.74 bits per heavy atom. The molecular weight excluding hydrogens is 477 g/mol. The molecule has 0 spiro atoms. The number of rotatable bonds is 5. The van der Waals surface area contributed by atoms with Gasteiger partial charge in [0, 0.05) is 28.9 Å². The Bertz CT molecular complexity index is 955. The summed E-state index contributed by atoms with van der Waals surface area (Å²) in [6.07, 6.45) is -3.52. The van der Waals surface area contributed by atoms with Crippen LogP contribution in [0.15, 0.2) is 46.9 Å². The Labute approximate surface area is 186 Å². The van der Waals surface area contributed by atoms with E-state index in [0.29, 0.717) is 37.3 Å². The van der Waals surface area contributed by atoms with Gasteiger partial charge in [-0.3, -0.25) is 9.59 Å². The Balaban J connectivity index is 1.85. The van der Waals surface area contributed by atoms with E-state index in [9.17, 15) is 22.8 Å². The third-order valence-electron chi connectivity index (χ3n) is 5.38. The number of carbonyl (C=O) groups excluding carboxylic acids is 2. The molecule has 5 nitrogen and oxygen atoms in total. The average molecular weight is 499 g/mol. The van der Waals surface area contributed by atoms with Crippen LogP contribution in [0.1, 0.15) is 34.3 Å². The molecule has 2 aromatic carbocycles. The average Bonchev–Trinajstić information content (AvgIpc) is 2.74. The van der Waals surface area contributed by atoms with Gasteiger partial charge >= 0.3 is 6.18 Å². The molecule has 166 valence electrons. The highest BCUT2D eigenvalue weighted by atomic mass is 79.9. The van der Waals surface area contributed by atoms with Crippen LogP contribution in [0.5, 0.6) is 0 Å². The quantitative estimate of drug-likeness (QED) is 0.625. The molecule has 0 aliphatic carbocycles. The maximum atomic E-state index is 13.4. The van der Waals surface area contributed by atoms with Crippen molar-refractivity contribution < 1.29 is 27.5 Å². The second-order valence-corrected chi connectivity index (χ2v) is 8.40. The fourth-order valence-corrected chi connectivity index (χ4v) is 3.82. The molecule has 0 atom stereocenters. The summed E-state index contributed by atoms with van der Waals surface area (Å²) < 4.78 is 43.6. The first kappa shape index (κ1) is 23.3. The molecule has 31 heavy (non-hydrogen) atoms. The predicted molar refractivity (Wildman–Crippen MR) is 114 cm³/mol. The molecular formula is C22H22BrF3N2O3. The van der Waals surface area contributed by atoms with Crippen molar-refractivity contribution in [3.63, 3.8) is 0 Å². The number of alkyl halides is 3. The molecule has 1 saturated heterocycles. The van der Waals surface area contributed by atoms with Crippen LogP contribution in [-0.2, 0) is 14.9 Å². The highest BCUT2D eigenvalue weighted by Gasteiger charge is 2.42. The van der Waals surface area contributed by atoms with Crippen LogP contribution >= 0.6 is 15.9 Å². The van der Waals surface area contributed by atoms with E-state index in [1.165, 1.54) is 12.1 Å². The standard InChI is InChI=1S/C22H22BrF3N2O3/c1-14-2-3-15(19(29)27-13-22(24,25)26)12-18(14)28-20(30)21(8-10-31-11-9-21)16-4-6-17(23)7-5-16/h2-7,12H,8-11,13H2,1H3,(H,27,29)(H,28,30). The Kier molecular flexibility index (Phi) is 7.06. The first-order valence-electron chi connectivity index (χ1n) is 9.72. The van der Waals surface area contributed by atoms with E-state index < -0.39 is 24.0 Å². The van der Waals surface area contributed by atoms with Gasteiger partial charge < -0.3 is 15.4 Å². The van der Waals surface area contributed by atoms with Crippen molar-refractivity contribution in [2.75, 3.05) is 25.1 Å². The first-order valence-corrected chi connectivity index (χ1v) is 10.5. The third kappa shape index (κ3) is 5.65. The lowest BCUT2D eigenvalue weighted by molar-refractivity contribution is -0.125. The minimum absolute atomic E-state index is 0.0369. The number of anilines is 1. The number of nitrogens with one attached hydrogen (secondary N) is 2. The van der Waals surface area contributed by atoms with Crippen LogP contribution in [0.3, 0.4) is 0 Å². The molecule has 0 radical (unpaired) electrons. The van der Waals surface area contributed by atoms with Crippen LogP contribution in [0.2, 0.25) is 0 Å². The maximum absolute atomic E-state index is 13.4. The van der Waals surface area contributed by atoms with Gasteiger partial charge in [0.15, 0.2) is 0 Å².